The molecule has 0 aliphatic heterocycles. The summed E-state index contributed by atoms with van der Waals surface area (Å²) in [6.07, 6.45) is 4.86. The predicted octanol–water partition coefficient (Wildman–Crippen LogP) is 0.489. The average molecular weight is 231 g/mol. The molecule has 6 heteroatoms. The lowest BCUT2D eigenvalue weighted by Gasteiger charge is -2.00. The third-order valence-electron chi connectivity index (χ3n) is 2.16. The summed E-state index contributed by atoms with van der Waals surface area (Å²) in [5, 5.41) is 2.66. The zero-order valence-corrected chi connectivity index (χ0v) is 9.21. The van der Waals surface area contributed by atoms with Crippen molar-refractivity contribution in [1.29, 1.82) is 0 Å². The second-order valence-corrected chi connectivity index (χ2v) is 3.45. The molecule has 0 fully saturated rings. The minimum atomic E-state index is -0.278. The molecule has 2 aromatic rings. The molecular weight excluding hydrogens is 218 g/mol. The molecule has 0 saturated carbocycles. The molecule has 88 valence electrons. The van der Waals surface area contributed by atoms with Crippen molar-refractivity contribution in [2.24, 2.45) is 5.73 Å². The van der Waals surface area contributed by atoms with Gasteiger partial charge in [0.15, 0.2) is 0 Å². The Morgan fingerprint density at radius 3 is 3.00 bits per heavy atom. The number of nitrogens with one attached hydrogen (secondary N) is 1. The third-order valence-corrected chi connectivity index (χ3v) is 2.16. The van der Waals surface area contributed by atoms with E-state index in [0.29, 0.717) is 24.6 Å². The Morgan fingerprint density at radius 2 is 2.29 bits per heavy atom. The first-order chi connectivity index (χ1) is 8.29. The molecule has 2 aromatic heterocycles. The maximum Gasteiger partial charge on any atom is 0.276 e. The van der Waals surface area contributed by atoms with Crippen LogP contribution in [0.4, 0.5) is 5.82 Å². The van der Waals surface area contributed by atoms with Crippen molar-refractivity contribution < 1.29 is 4.79 Å². The predicted molar refractivity (Wildman–Crippen MR) is 63.5 cm³/mol. The number of pyridine rings is 1. The lowest BCUT2D eigenvalue weighted by atomic mass is 10.4. The van der Waals surface area contributed by atoms with Gasteiger partial charge in [-0.1, -0.05) is 6.07 Å². The van der Waals surface area contributed by atoms with Gasteiger partial charge < -0.3 is 15.6 Å². The van der Waals surface area contributed by atoms with E-state index in [2.05, 4.69) is 15.3 Å². The van der Waals surface area contributed by atoms with Crippen molar-refractivity contribution in [3.05, 3.63) is 42.6 Å². The lowest BCUT2D eigenvalue weighted by Crippen LogP contribution is -2.13. The Morgan fingerprint density at radius 1 is 1.41 bits per heavy atom. The Labute approximate surface area is 98.5 Å². The second kappa shape index (κ2) is 5.22. The van der Waals surface area contributed by atoms with Gasteiger partial charge >= 0.3 is 0 Å². The van der Waals surface area contributed by atoms with Gasteiger partial charge in [0.05, 0.1) is 6.33 Å². The molecule has 1 amide bonds. The van der Waals surface area contributed by atoms with Crippen LogP contribution < -0.4 is 11.1 Å². The van der Waals surface area contributed by atoms with E-state index < -0.39 is 0 Å². The van der Waals surface area contributed by atoms with Crippen LogP contribution in [-0.2, 0) is 6.54 Å². The summed E-state index contributed by atoms with van der Waals surface area (Å²) < 4.78 is 1.77. The highest BCUT2D eigenvalue weighted by Crippen LogP contribution is 2.03. The molecule has 0 saturated heterocycles. The quantitative estimate of drug-likeness (QED) is 0.801. The van der Waals surface area contributed by atoms with Crippen LogP contribution in [0.25, 0.3) is 0 Å². The summed E-state index contributed by atoms with van der Waals surface area (Å²) in [5.74, 6) is 0.227. The third kappa shape index (κ3) is 2.88. The Balaban J connectivity index is 2.04. The molecule has 2 rings (SSSR count). The van der Waals surface area contributed by atoms with Crippen molar-refractivity contribution in [3.8, 4) is 0 Å². The first-order valence-electron chi connectivity index (χ1n) is 5.24. The van der Waals surface area contributed by atoms with Gasteiger partial charge in [0.25, 0.3) is 5.91 Å². The maximum atomic E-state index is 11.8. The zero-order chi connectivity index (χ0) is 12.1. The molecule has 3 N–H and O–H groups in total. The number of amides is 1. The molecule has 6 nitrogen and oxygen atoms in total. The van der Waals surface area contributed by atoms with Crippen LogP contribution in [-0.4, -0.2) is 27.0 Å². The maximum absolute atomic E-state index is 11.8. The molecule has 0 aliphatic rings. The molecule has 0 bridgehead atoms. The van der Waals surface area contributed by atoms with Gasteiger partial charge in [-0.25, -0.2) is 9.97 Å². The number of nitrogens with zero attached hydrogens (tertiary/aromatic N) is 3. The largest absolute Gasteiger partial charge is 0.335 e. The van der Waals surface area contributed by atoms with E-state index in [1.807, 2.05) is 0 Å². The van der Waals surface area contributed by atoms with E-state index in [0.717, 1.165) is 0 Å². The fraction of sp³-hybridized carbons (Fsp3) is 0.182. The number of aromatic nitrogens is 3. The molecule has 0 unspecified atom stereocenters. The number of carbonyl (C=O) groups is 1. The summed E-state index contributed by atoms with van der Waals surface area (Å²) in [6.45, 7) is 1.15. The molecule has 17 heavy (non-hydrogen) atoms. The smallest absolute Gasteiger partial charge is 0.276 e. The highest BCUT2D eigenvalue weighted by molar-refractivity contribution is 6.02. The van der Waals surface area contributed by atoms with Crippen molar-refractivity contribution in [2.45, 2.75) is 6.54 Å². The zero-order valence-electron chi connectivity index (χ0n) is 9.21. The number of nitrogens with two attached hydrogens (primary N) is 1. The SMILES string of the molecule is NCCn1cnc(C(=O)Nc2ccccn2)c1. The van der Waals surface area contributed by atoms with E-state index >= 15 is 0 Å². The van der Waals surface area contributed by atoms with Crippen LogP contribution >= 0.6 is 0 Å². The van der Waals surface area contributed by atoms with Crippen LogP contribution in [0.1, 0.15) is 10.5 Å². The molecule has 0 aliphatic carbocycles. The standard InChI is InChI=1S/C11H13N5O/c12-4-6-16-7-9(14-8-16)11(17)15-10-3-1-2-5-13-10/h1-3,5,7-8H,4,6,12H2,(H,13,15,17). The number of imidazole rings is 1. The van der Waals surface area contributed by atoms with Crippen molar-refractivity contribution >= 4 is 11.7 Å². The Bertz CT molecular complexity index is 494. The van der Waals surface area contributed by atoms with Crippen LogP contribution in [0.2, 0.25) is 0 Å². The fourth-order valence-corrected chi connectivity index (χ4v) is 1.37. The van der Waals surface area contributed by atoms with E-state index in [1.54, 1.807) is 41.5 Å². The van der Waals surface area contributed by atoms with Crippen molar-refractivity contribution in [2.75, 3.05) is 11.9 Å². The summed E-state index contributed by atoms with van der Waals surface area (Å²) in [5.41, 5.74) is 5.76. The van der Waals surface area contributed by atoms with Gasteiger partial charge in [0, 0.05) is 25.5 Å². The van der Waals surface area contributed by atoms with Crippen LogP contribution in [0.15, 0.2) is 36.9 Å². The van der Waals surface area contributed by atoms with Gasteiger partial charge in [-0.15, -0.1) is 0 Å². The lowest BCUT2D eigenvalue weighted by molar-refractivity contribution is 0.102. The van der Waals surface area contributed by atoms with Crippen molar-refractivity contribution in [3.63, 3.8) is 0 Å². The summed E-state index contributed by atoms with van der Waals surface area (Å²) in [4.78, 5) is 19.8. The second-order valence-electron chi connectivity index (χ2n) is 3.45. The number of anilines is 1. The van der Waals surface area contributed by atoms with E-state index in [1.165, 1.54) is 0 Å². The van der Waals surface area contributed by atoms with Gasteiger partial charge in [-0.2, -0.15) is 0 Å². The first kappa shape index (κ1) is 11.3. The van der Waals surface area contributed by atoms with Gasteiger partial charge in [-0.3, -0.25) is 4.79 Å². The average Bonchev–Trinajstić information content (AvgIpc) is 2.79. The number of hydrogen-bond donors (Lipinski definition) is 2. The molecule has 0 aromatic carbocycles. The fourth-order valence-electron chi connectivity index (χ4n) is 1.37. The van der Waals surface area contributed by atoms with Crippen LogP contribution in [0, 0.1) is 0 Å². The molecule has 2 heterocycles. The monoisotopic (exact) mass is 231 g/mol. The number of carbonyl (C=O) groups excluding carboxylic acids is 1. The molecule has 0 radical (unpaired) electrons. The van der Waals surface area contributed by atoms with Gasteiger partial charge in [0.1, 0.15) is 11.5 Å². The highest BCUT2D eigenvalue weighted by atomic mass is 16.2. The summed E-state index contributed by atoms with van der Waals surface area (Å²) in [7, 11) is 0. The van der Waals surface area contributed by atoms with Gasteiger partial charge in [0.2, 0.25) is 0 Å². The van der Waals surface area contributed by atoms with Crippen molar-refractivity contribution in [1.82, 2.24) is 14.5 Å². The highest BCUT2D eigenvalue weighted by Gasteiger charge is 2.09. The van der Waals surface area contributed by atoms with Crippen LogP contribution in [0.5, 0.6) is 0 Å². The van der Waals surface area contributed by atoms with E-state index in [9.17, 15) is 4.79 Å². The van der Waals surface area contributed by atoms with E-state index in [-0.39, 0.29) is 5.91 Å². The summed E-state index contributed by atoms with van der Waals surface area (Å²) >= 11 is 0. The first-order valence-corrected chi connectivity index (χ1v) is 5.24. The number of rotatable bonds is 4. The molecule has 0 atom stereocenters. The van der Waals surface area contributed by atoms with Gasteiger partial charge in [-0.05, 0) is 12.1 Å². The summed E-state index contributed by atoms with van der Waals surface area (Å²) in [6, 6.07) is 5.30. The normalized spacial score (nSPS) is 10.2. The molecular formula is C11H13N5O. The minimum Gasteiger partial charge on any atom is -0.335 e. The van der Waals surface area contributed by atoms with E-state index in [4.69, 9.17) is 5.73 Å². The Kier molecular flexibility index (Phi) is 3.46. The van der Waals surface area contributed by atoms with Crippen LogP contribution in [0.3, 0.4) is 0 Å². The Hall–Kier alpha value is -2.21. The topological polar surface area (TPSA) is 85.8 Å². The number of hydrogen-bond acceptors (Lipinski definition) is 4. The minimum absolute atomic E-state index is 0.278. The molecule has 0 spiro atoms.